The molecule has 0 amide bonds. The fourth-order valence-electron chi connectivity index (χ4n) is 2.48. The van der Waals surface area contributed by atoms with E-state index >= 15 is 0 Å². The van der Waals surface area contributed by atoms with Gasteiger partial charge >= 0.3 is 0 Å². The molecule has 3 rings (SSSR count). The van der Waals surface area contributed by atoms with Gasteiger partial charge in [0.1, 0.15) is 9.79 Å². The van der Waals surface area contributed by atoms with Crippen LogP contribution in [0, 0.1) is 0 Å². The van der Waals surface area contributed by atoms with E-state index in [2.05, 4.69) is 5.32 Å². The van der Waals surface area contributed by atoms with Crippen LogP contribution in [0.3, 0.4) is 0 Å². The fraction of sp³-hybridized carbons (Fsp3) is 0.200. The Morgan fingerprint density at radius 1 is 1.23 bits per heavy atom. The van der Waals surface area contributed by atoms with E-state index in [9.17, 15) is 16.8 Å². The maximum atomic E-state index is 12.8. The van der Waals surface area contributed by atoms with Crippen molar-refractivity contribution in [1.82, 2.24) is 4.31 Å². The third-order valence-electron chi connectivity index (χ3n) is 3.76. The quantitative estimate of drug-likeness (QED) is 0.699. The molecule has 2 aromatic rings. The lowest BCUT2D eigenvalue weighted by Gasteiger charge is -2.29. The van der Waals surface area contributed by atoms with Crippen LogP contribution in [-0.4, -0.2) is 40.1 Å². The summed E-state index contributed by atoms with van der Waals surface area (Å²) in [6.07, 6.45) is 0. The number of nitrogens with one attached hydrogen (secondary N) is 1. The average molecular weight is 434 g/mol. The van der Waals surface area contributed by atoms with Gasteiger partial charge < -0.3 is 5.32 Å². The summed E-state index contributed by atoms with van der Waals surface area (Å²) in [5.74, 6) is 0.551. The average Bonchev–Trinajstić information content (AvgIpc) is 2.56. The van der Waals surface area contributed by atoms with Gasteiger partial charge in [0.15, 0.2) is 0 Å². The molecular weight excluding hydrogens is 418 g/mol. The standard InChI is InChI=1S/C15H16ClN3O4S3/c16-12-8-13-15(9-14(12)25(17,20)21)26(22,23)19(10-18-13)6-7-24-11-4-2-1-3-5-11/h1-5,8-9,18H,6-7,10H2,(H2,17,20,21). The van der Waals surface area contributed by atoms with Crippen LogP contribution in [0.2, 0.25) is 5.02 Å². The Bertz CT molecular complexity index is 1030. The van der Waals surface area contributed by atoms with Crippen molar-refractivity contribution in [3.05, 3.63) is 47.5 Å². The predicted molar refractivity (Wildman–Crippen MR) is 102 cm³/mol. The summed E-state index contributed by atoms with van der Waals surface area (Å²) in [7, 11) is -7.99. The van der Waals surface area contributed by atoms with Crippen molar-refractivity contribution in [2.45, 2.75) is 14.7 Å². The number of halogens is 1. The second-order valence-electron chi connectivity index (χ2n) is 5.50. The van der Waals surface area contributed by atoms with Crippen molar-refractivity contribution < 1.29 is 16.8 Å². The van der Waals surface area contributed by atoms with E-state index in [0.717, 1.165) is 11.0 Å². The molecule has 0 aromatic heterocycles. The van der Waals surface area contributed by atoms with E-state index in [-0.39, 0.29) is 28.8 Å². The molecule has 0 unspecified atom stereocenters. The molecule has 140 valence electrons. The summed E-state index contributed by atoms with van der Waals surface area (Å²) in [6, 6.07) is 11.9. The molecule has 26 heavy (non-hydrogen) atoms. The highest BCUT2D eigenvalue weighted by Crippen LogP contribution is 2.35. The summed E-state index contributed by atoms with van der Waals surface area (Å²) in [5.41, 5.74) is 0.259. The molecule has 0 saturated carbocycles. The van der Waals surface area contributed by atoms with Gasteiger partial charge in [0, 0.05) is 17.2 Å². The van der Waals surface area contributed by atoms with Crippen molar-refractivity contribution in [1.29, 1.82) is 0 Å². The minimum atomic E-state index is -4.13. The van der Waals surface area contributed by atoms with E-state index in [1.807, 2.05) is 30.3 Å². The van der Waals surface area contributed by atoms with Gasteiger partial charge in [-0.3, -0.25) is 0 Å². The first kappa shape index (κ1) is 19.5. The van der Waals surface area contributed by atoms with Crippen LogP contribution in [0.5, 0.6) is 0 Å². The van der Waals surface area contributed by atoms with E-state index in [0.29, 0.717) is 5.75 Å². The number of primary sulfonamides is 1. The lowest BCUT2D eigenvalue weighted by atomic mass is 10.3. The molecule has 0 radical (unpaired) electrons. The van der Waals surface area contributed by atoms with Crippen molar-refractivity contribution in [2.24, 2.45) is 5.14 Å². The van der Waals surface area contributed by atoms with Crippen LogP contribution in [-0.2, 0) is 20.0 Å². The lowest BCUT2D eigenvalue weighted by molar-refractivity contribution is 0.444. The molecule has 0 aliphatic carbocycles. The lowest BCUT2D eigenvalue weighted by Crippen LogP contribution is -2.41. The molecule has 0 fully saturated rings. The first-order valence-electron chi connectivity index (χ1n) is 7.48. The molecule has 7 nitrogen and oxygen atoms in total. The largest absolute Gasteiger partial charge is 0.370 e. The summed E-state index contributed by atoms with van der Waals surface area (Å²) in [6.45, 7) is 0.345. The second-order valence-corrected chi connectivity index (χ2v) is 10.5. The zero-order valence-electron chi connectivity index (χ0n) is 13.4. The Balaban J connectivity index is 1.83. The van der Waals surface area contributed by atoms with E-state index in [4.69, 9.17) is 16.7 Å². The monoisotopic (exact) mass is 433 g/mol. The highest BCUT2D eigenvalue weighted by molar-refractivity contribution is 7.99. The van der Waals surface area contributed by atoms with Crippen molar-refractivity contribution >= 4 is 49.1 Å². The second kappa shape index (κ2) is 7.37. The molecule has 0 bridgehead atoms. The van der Waals surface area contributed by atoms with Gasteiger partial charge in [-0.2, -0.15) is 4.31 Å². The van der Waals surface area contributed by atoms with Crippen LogP contribution >= 0.6 is 23.4 Å². The number of benzene rings is 2. The number of nitrogens with zero attached hydrogens (tertiary/aromatic N) is 1. The maximum Gasteiger partial charge on any atom is 0.246 e. The molecule has 0 atom stereocenters. The molecule has 3 N–H and O–H groups in total. The minimum Gasteiger partial charge on any atom is -0.370 e. The Morgan fingerprint density at radius 3 is 2.58 bits per heavy atom. The van der Waals surface area contributed by atoms with Crippen LogP contribution in [0.25, 0.3) is 0 Å². The number of thioether (sulfide) groups is 1. The smallest absolute Gasteiger partial charge is 0.246 e. The Kier molecular flexibility index (Phi) is 5.52. The molecule has 0 saturated heterocycles. The van der Waals surface area contributed by atoms with Crippen LogP contribution in [0.15, 0.2) is 57.2 Å². The predicted octanol–water partition coefficient (Wildman–Crippen LogP) is 2.15. The van der Waals surface area contributed by atoms with Gasteiger partial charge in [-0.1, -0.05) is 29.8 Å². The number of nitrogens with two attached hydrogens (primary N) is 1. The zero-order valence-corrected chi connectivity index (χ0v) is 16.6. The molecule has 2 aromatic carbocycles. The Labute approximate surface area is 161 Å². The van der Waals surface area contributed by atoms with Crippen LogP contribution in [0.1, 0.15) is 0 Å². The zero-order chi connectivity index (χ0) is 18.9. The van der Waals surface area contributed by atoms with Gasteiger partial charge in [0.2, 0.25) is 20.0 Å². The number of fused-ring (bicyclic) bond motifs is 1. The van der Waals surface area contributed by atoms with Gasteiger partial charge in [-0.15, -0.1) is 11.8 Å². The van der Waals surface area contributed by atoms with Crippen molar-refractivity contribution in [2.75, 3.05) is 24.3 Å². The third kappa shape index (κ3) is 4.00. The Hall–Kier alpha value is -1.30. The molecule has 1 heterocycles. The van der Waals surface area contributed by atoms with Crippen LogP contribution < -0.4 is 10.5 Å². The maximum absolute atomic E-state index is 12.8. The number of hydrogen-bond acceptors (Lipinski definition) is 6. The SMILES string of the molecule is NS(=O)(=O)c1cc2c(cc1Cl)NCN(CCSc1ccccc1)S2(=O)=O. The summed E-state index contributed by atoms with van der Waals surface area (Å²) in [5, 5.41) is 7.94. The number of anilines is 1. The van der Waals surface area contributed by atoms with Gasteiger partial charge in [-0.05, 0) is 24.3 Å². The molecule has 11 heteroatoms. The fourth-order valence-corrected chi connectivity index (χ4v) is 6.19. The van der Waals surface area contributed by atoms with E-state index < -0.39 is 24.9 Å². The first-order chi connectivity index (χ1) is 12.2. The van der Waals surface area contributed by atoms with E-state index in [1.165, 1.54) is 22.1 Å². The van der Waals surface area contributed by atoms with Gasteiger partial charge in [0.05, 0.1) is 17.4 Å². The highest BCUT2D eigenvalue weighted by atomic mass is 35.5. The first-order valence-corrected chi connectivity index (χ1v) is 11.8. The normalized spacial score (nSPS) is 16.7. The summed E-state index contributed by atoms with van der Waals surface area (Å²) >= 11 is 7.45. The highest BCUT2D eigenvalue weighted by Gasteiger charge is 2.33. The van der Waals surface area contributed by atoms with Gasteiger partial charge in [0.25, 0.3) is 0 Å². The molecule has 1 aliphatic rings. The summed E-state index contributed by atoms with van der Waals surface area (Å²) < 4.78 is 50.2. The van der Waals surface area contributed by atoms with Crippen molar-refractivity contribution in [3.63, 3.8) is 0 Å². The van der Waals surface area contributed by atoms with E-state index in [1.54, 1.807) is 0 Å². The topological polar surface area (TPSA) is 110 Å². The number of sulfonamides is 2. The van der Waals surface area contributed by atoms with Crippen LogP contribution in [0.4, 0.5) is 5.69 Å². The molecule has 1 aliphatic heterocycles. The Morgan fingerprint density at radius 2 is 1.92 bits per heavy atom. The number of rotatable bonds is 5. The summed E-state index contributed by atoms with van der Waals surface area (Å²) in [4.78, 5) is 0.476. The van der Waals surface area contributed by atoms with Gasteiger partial charge in [-0.25, -0.2) is 22.0 Å². The number of hydrogen-bond donors (Lipinski definition) is 2. The molecular formula is C15H16ClN3O4S3. The molecule has 0 spiro atoms. The third-order valence-corrected chi connectivity index (χ3v) is 8.01. The minimum absolute atomic E-state index is 0.0791. The van der Waals surface area contributed by atoms with Crippen molar-refractivity contribution in [3.8, 4) is 0 Å².